The van der Waals surface area contributed by atoms with Crippen LogP contribution in [0.4, 0.5) is 11.5 Å². The van der Waals surface area contributed by atoms with E-state index in [1.165, 1.54) is 12.1 Å². The molecule has 2 aromatic heterocycles. The number of hydrogen-bond acceptors (Lipinski definition) is 5. The lowest BCUT2D eigenvalue weighted by Crippen LogP contribution is -2.17. The molecular weight excluding hydrogens is 298 g/mol. The fraction of sp³-hybridized carbons (Fsp3) is 0.308. The van der Waals surface area contributed by atoms with Crippen LogP contribution in [0, 0.1) is 16.0 Å². The third kappa shape index (κ3) is 3.26. The van der Waals surface area contributed by atoms with E-state index in [9.17, 15) is 10.1 Å². The Balaban J connectivity index is 2.36. The van der Waals surface area contributed by atoms with Crippen molar-refractivity contribution < 1.29 is 4.92 Å². The predicted molar refractivity (Wildman–Crippen MR) is 81.4 cm³/mol. The maximum atomic E-state index is 11.1. The summed E-state index contributed by atoms with van der Waals surface area (Å²) in [6.45, 7) is 4.10. The number of nitro groups is 1. The van der Waals surface area contributed by atoms with Gasteiger partial charge in [0.05, 0.1) is 11.0 Å². The quantitative estimate of drug-likeness (QED) is 0.501. The average Bonchev–Trinajstić information content (AvgIpc) is 2.88. The first kappa shape index (κ1) is 14.7. The van der Waals surface area contributed by atoms with Gasteiger partial charge in [0.25, 0.3) is 0 Å². The van der Waals surface area contributed by atoms with Gasteiger partial charge in [0.2, 0.25) is 5.82 Å². The zero-order chi connectivity index (χ0) is 14.7. The van der Waals surface area contributed by atoms with Gasteiger partial charge in [-0.15, -0.1) is 11.3 Å². The summed E-state index contributed by atoms with van der Waals surface area (Å²) in [5, 5.41) is 16.4. The van der Waals surface area contributed by atoms with Crippen LogP contribution in [0.1, 0.15) is 24.8 Å². The minimum Gasteiger partial charge on any atom is -0.356 e. The van der Waals surface area contributed by atoms with Crippen molar-refractivity contribution in [2.24, 2.45) is 5.92 Å². The molecule has 0 aliphatic rings. The number of aromatic nitrogens is 1. The number of halogens is 1. The molecule has 7 heteroatoms. The van der Waals surface area contributed by atoms with E-state index < -0.39 is 4.92 Å². The minimum atomic E-state index is -0.461. The van der Waals surface area contributed by atoms with Crippen molar-refractivity contribution in [1.82, 2.24) is 4.98 Å². The summed E-state index contributed by atoms with van der Waals surface area (Å²) in [6.07, 6.45) is 0. The molecule has 2 heterocycles. The molecule has 1 unspecified atom stereocenters. The number of nitrogens with zero attached hydrogens (tertiary/aromatic N) is 2. The van der Waals surface area contributed by atoms with Crippen LogP contribution in [0.5, 0.6) is 0 Å². The zero-order valence-corrected chi connectivity index (χ0v) is 12.6. The third-order valence-electron chi connectivity index (χ3n) is 2.85. The second-order valence-electron chi connectivity index (χ2n) is 4.64. The van der Waals surface area contributed by atoms with Crippen molar-refractivity contribution in [2.75, 3.05) is 5.32 Å². The van der Waals surface area contributed by atoms with Crippen LogP contribution in [-0.4, -0.2) is 9.91 Å². The van der Waals surface area contributed by atoms with Crippen LogP contribution < -0.4 is 5.32 Å². The molecule has 106 valence electrons. The van der Waals surface area contributed by atoms with E-state index in [2.05, 4.69) is 10.3 Å². The summed E-state index contributed by atoms with van der Waals surface area (Å²) in [6, 6.07) is 6.69. The van der Waals surface area contributed by atoms with E-state index in [1.807, 2.05) is 31.4 Å². The molecule has 0 saturated heterocycles. The maximum absolute atomic E-state index is 11.1. The monoisotopic (exact) mass is 311 g/mol. The molecule has 0 aliphatic carbocycles. The van der Waals surface area contributed by atoms with Crippen LogP contribution in [0.25, 0.3) is 0 Å². The van der Waals surface area contributed by atoms with Crippen molar-refractivity contribution in [3.8, 4) is 0 Å². The lowest BCUT2D eigenvalue weighted by Gasteiger charge is -2.21. The molecule has 1 atom stereocenters. The predicted octanol–water partition coefficient (Wildman–Crippen LogP) is 4.51. The highest BCUT2D eigenvalue weighted by Crippen LogP contribution is 2.33. The topological polar surface area (TPSA) is 68.1 Å². The highest BCUT2D eigenvalue weighted by atomic mass is 35.5. The van der Waals surface area contributed by atoms with Gasteiger partial charge in [-0.25, -0.2) is 4.98 Å². The Morgan fingerprint density at radius 2 is 2.15 bits per heavy atom. The summed E-state index contributed by atoms with van der Waals surface area (Å²) >= 11 is 7.44. The van der Waals surface area contributed by atoms with Gasteiger partial charge in [-0.2, -0.15) is 0 Å². The van der Waals surface area contributed by atoms with Gasteiger partial charge in [-0.3, -0.25) is 10.1 Å². The number of anilines is 1. The van der Waals surface area contributed by atoms with Gasteiger partial charge in [-0.05, 0) is 23.4 Å². The number of pyridine rings is 1. The zero-order valence-electron chi connectivity index (χ0n) is 11.0. The van der Waals surface area contributed by atoms with Gasteiger partial charge < -0.3 is 5.32 Å². The van der Waals surface area contributed by atoms with Crippen LogP contribution in [0.3, 0.4) is 0 Å². The molecule has 0 amide bonds. The van der Waals surface area contributed by atoms with Crippen molar-refractivity contribution >= 4 is 34.4 Å². The number of rotatable bonds is 5. The summed E-state index contributed by atoms with van der Waals surface area (Å²) in [5.74, 6) is 0.462. The molecule has 0 radical (unpaired) electrons. The molecule has 20 heavy (non-hydrogen) atoms. The van der Waals surface area contributed by atoms with Crippen molar-refractivity contribution in [3.05, 3.63) is 49.8 Å². The molecule has 2 aromatic rings. The van der Waals surface area contributed by atoms with E-state index in [0.717, 1.165) is 4.88 Å². The standard InChI is InChI=1S/C13H14ClN3O2S/c1-8(2)12(10-4-3-7-20-10)16-13-9(17(18)19)5-6-11(14)15-13/h3-8,12H,1-2H3,(H,15,16). The fourth-order valence-corrected chi connectivity index (χ4v) is 2.96. The van der Waals surface area contributed by atoms with E-state index in [-0.39, 0.29) is 28.6 Å². The second-order valence-corrected chi connectivity index (χ2v) is 6.01. The van der Waals surface area contributed by atoms with Gasteiger partial charge in [-0.1, -0.05) is 31.5 Å². The highest BCUT2D eigenvalue weighted by molar-refractivity contribution is 7.10. The van der Waals surface area contributed by atoms with Crippen LogP contribution in [0.15, 0.2) is 29.6 Å². The molecule has 2 rings (SSSR count). The lowest BCUT2D eigenvalue weighted by atomic mass is 10.0. The first-order valence-corrected chi connectivity index (χ1v) is 7.35. The highest BCUT2D eigenvalue weighted by Gasteiger charge is 2.22. The Kier molecular flexibility index (Phi) is 4.57. The van der Waals surface area contributed by atoms with Crippen LogP contribution in [0.2, 0.25) is 5.15 Å². The van der Waals surface area contributed by atoms with Gasteiger partial charge in [0.1, 0.15) is 5.15 Å². The van der Waals surface area contributed by atoms with Crippen molar-refractivity contribution in [1.29, 1.82) is 0 Å². The Morgan fingerprint density at radius 1 is 1.40 bits per heavy atom. The van der Waals surface area contributed by atoms with E-state index in [4.69, 9.17) is 11.6 Å². The molecule has 0 bridgehead atoms. The van der Waals surface area contributed by atoms with Gasteiger partial charge in [0, 0.05) is 10.9 Å². The normalized spacial score (nSPS) is 12.4. The summed E-state index contributed by atoms with van der Waals surface area (Å²) in [7, 11) is 0. The third-order valence-corrected chi connectivity index (χ3v) is 4.01. The lowest BCUT2D eigenvalue weighted by molar-refractivity contribution is -0.384. The van der Waals surface area contributed by atoms with E-state index in [1.54, 1.807) is 11.3 Å². The summed E-state index contributed by atoms with van der Waals surface area (Å²) < 4.78 is 0. The first-order valence-electron chi connectivity index (χ1n) is 6.10. The first-order chi connectivity index (χ1) is 9.49. The minimum absolute atomic E-state index is 0.0420. The number of hydrogen-bond donors (Lipinski definition) is 1. The SMILES string of the molecule is CC(C)C(Nc1nc(Cl)ccc1[N+](=O)[O-])c1cccs1. The van der Waals surface area contributed by atoms with Crippen molar-refractivity contribution in [3.63, 3.8) is 0 Å². The Bertz CT molecular complexity index is 602. The largest absolute Gasteiger partial charge is 0.356 e. The van der Waals surface area contributed by atoms with Gasteiger partial charge >= 0.3 is 5.69 Å². The second kappa shape index (κ2) is 6.19. The molecule has 0 saturated carbocycles. The van der Waals surface area contributed by atoms with E-state index in [0.29, 0.717) is 0 Å². The van der Waals surface area contributed by atoms with E-state index >= 15 is 0 Å². The Morgan fingerprint density at radius 3 is 2.70 bits per heavy atom. The molecule has 0 aliphatic heterocycles. The molecule has 0 fully saturated rings. The molecule has 0 aromatic carbocycles. The van der Waals surface area contributed by atoms with Crippen molar-refractivity contribution in [2.45, 2.75) is 19.9 Å². The summed E-state index contributed by atoms with van der Waals surface area (Å²) in [4.78, 5) is 15.7. The molecular formula is C13H14ClN3O2S. The molecule has 5 nitrogen and oxygen atoms in total. The Hall–Kier alpha value is -1.66. The Labute approximate surface area is 125 Å². The number of thiophene rings is 1. The molecule has 0 spiro atoms. The maximum Gasteiger partial charge on any atom is 0.311 e. The van der Waals surface area contributed by atoms with Gasteiger partial charge in [0.15, 0.2) is 0 Å². The van der Waals surface area contributed by atoms with Crippen LogP contribution >= 0.6 is 22.9 Å². The fourth-order valence-electron chi connectivity index (χ4n) is 1.86. The smallest absolute Gasteiger partial charge is 0.311 e. The average molecular weight is 312 g/mol. The van der Waals surface area contributed by atoms with Crippen LogP contribution in [-0.2, 0) is 0 Å². The molecule has 1 N–H and O–H groups in total. The summed E-state index contributed by atoms with van der Waals surface area (Å²) in [5.41, 5.74) is -0.0726. The number of nitrogens with one attached hydrogen (secondary N) is 1.